The molecule has 2 rings (SSSR count). The molecule has 6 heteroatoms. The molecule has 15 heavy (non-hydrogen) atoms. The van der Waals surface area contributed by atoms with E-state index in [9.17, 15) is 4.79 Å². The van der Waals surface area contributed by atoms with E-state index in [0.29, 0.717) is 6.42 Å². The van der Waals surface area contributed by atoms with Crippen molar-refractivity contribution in [1.29, 1.82) is 0 Å². The van der Waals surface area contributed by atoms with Crippen LogP contribution >= 0.6 is 23.7 Å². The van der Waals surface area contributed by atoms with Gasteiger partial charge >= 0.3 is 5.97 Å². The summed E-state index contributed by atoms with van der Waals surface area (Å²) >= 11 is 1.61. The van der Waals surface area contributed by atoms with E-state index in [1.807, 2.05) is 23.7 Å². The Kier molecular flexibility index (Phi) is 3.71. The van der Waals surface area contributed by atoms with Gasteiger partial charge in [0.2, 0.25) is 0 Å². The Morgan fingerprint density at radius 3 is 2.93 bits per heavy atom. The van der Waals surface area contributed by atoms with Crippen LogP contribution in [0.25, 0.3) is 4.96 Å². The monoisotopic (exact) mass is 246 g/mol. The van der Waals surface area contributed by atoms with Gasteiger partial charge in [0.05, 0.1) is 12.1 Å². The van der Waals surface area contributed by atoms with E-state index in [-0.39, 0.29) is 18.8 Å². The molecule has 0 bridgehead atoms. The van der Waals surface area contributed by atoms with Gasteiger partial charge in [-0.3, -0.25) is 9.20 Å². The van der Waals surface area contributed by atoms with E-state index in [4.69, 9.17) is 5.11 Å². The van der Waals surface area contributed by atoms with E-state index >= 15 is 0 Å². The lowest BCUT2D eigenvalue weighted by Crippen LogP contribution is -1.97. The highest BCUT2D eigenvalue weighted by Gasteiger charge is 2.05. The number of nitrogens with zero attached hydrogens (tertiary/aromatic N) is 2. The van der Waals surface area contributed by atoms with E-state index < -0.39 is 5.97 Å². The first-order valence-corrected chi connectivity index (χ1v) is 5.12. The molecule has 0 saturated heterocycles. The number of imidazole rings is 1. The van der Waals surface area contributed by atoms with Gasteiger partial charge in [0.25, 0.3) is 0 Å². The number of rotatable bonds is 3. The zero-order valence-corrected chi connectivity index (χ0v) is 9.77. The van der Waals surface area contributed by atoms with Crippen LogP contribution in [0.3, 0.4) is 0 Å². The van der Waals surface area contributed by atoms with Crippen LogP contribution in [0.2, 0.25) is 0 Å². The second kappa shape index (κ2) is 4.63. The molecule has 82 valence electrons. The van der Waals surface area contributed by atoms with Crippen molar-refractivity contribution in [1.82, 2.24) is 9.38 Å². The molecule has 0 aliphatic rings. The Bertz CT molecular complexity index is 446. The van der Waals surface area contributed by atoms with Crippen molar-refractivity contribution in [2.75, 3.05) is 0 Å². The minimum atomic E-state index is -0.780. The fourth-order valence-electron chi connectivity index (χ4n) is 1.31. The van der Waals surface area contributed by atoms with Gasteiger partial charge in [0.1, 0.15) is 0 Å². The van der Waals surface area contributed by atoms with Gasteiger partial charge in [-0.25, -0.2) is 4.98 Å². The summed E-state index contributed by atoms with van der Waals surface area (Å²) in [6.45, 7) is 2.02. The number of halogens is 1. The normalized spacial score (nSPS) is 10.2. The van der Waals surface area contributed by atoms with Crippen molar-refractivity contribution in [3.63, 3.8) is 0 Å². The Morgan fingerprint density at radius 1 is 1.60 bits per heavy atom. The quantitative estimate of drug-likeness (QED) is 0.903. The molecule has 0 radical (unpaired) electrons. The minimum absolute atomic E-state index is 0. The van der Waals surface area contributed by atoms with Crippen molar-refractivity contribution >= 4 is 34.7 Å². The van der Waals surface area contributed by atoms with E-state index in [0.717, 1.165) is 10.7 Å². The van der Waals surface area contributed by atoms with Crippen LogP contribution in [0.1, 0.15) is 17.0 Å². The highest BCUT2D eigenvalue weighted by Crippen LogP contribution is 2.17. The average molecular weight is 247 g/mol. The summed E-state index contributed by atoms with van der Waals surface area (Å²) in [5, 5.41) is 8.51. The predicted molar refractivity (Wildman–Crippen MR) is 61.0 cm³/mol. The lowest BCUT2D eigenvalue weighted by Gasteiger charge is -1.89. The number of hydrogen-bond acceptors (Lipinski definition) is 3. The van der Waals surface area contributed by atoms with Crippen LogP contribution in [0, 0.1) is 6.92 Å². The van der Waals surface area contributed by atoms with Gasteiger partial charge in [-0.05, 0) is 6.92 Å². The molecule has 0 aromatic carbocycles. The number of carboxylic acids is 1. The summed E-state index contributed by atoms with van der Waals surface area (Å²) in [5.41, 5.74) is 0.846. The van der Waals surface area contributed by atoms with Crippen molar-refractivity contribution < 1.29 is 9.90 Å². The van der Waals surface area contributed by atoms with Gasteiger partial charge in [0.15, 0.2) is 4.96 Å². The van der Waals surface area contributed by atoms with Gasteiger partial charge in [-0.15, -0.1) is 23.7 Å². The third kappa shape index (κ3) is 2.70. The Hall–Kier alpha value is -1.07. The standard InChI is InChI=1S/C9H10N2O2S.ClH/c1-6-4-11-5-7(2-3-8(12)13)10-9(11)14-6;/h4-5H,2-3H2,1H3,(H,12,13);1H. The molecule has 0 spiro atoms. The molecular formula is C9H11ClN2O2S. The number of fused-ring (bicyclic) bond motifs is 1. The number of thiazole rings is 1. The van der Waals surface area contributed by atoms with Crippen LogP contribution in [0.4, 0.5) is 0 Å². The molecule has 4 nitrogen and oxygen atoms in total. The number of hydrogen-bond donors (Lipinski definition) is 1. The summed E-state index contributed by atoms with van der Waals surface area (Å²) in [4.78, 5) is 16.8. The number of carbonyl (C=O) groups is 1. The second-order valence-corrected chi connectivity index (χ2v) is 4.37. The molecule has 0 fully saturated rings. The average Bonchev–Trinajstić information content (AvgIpc) is 2.57. The predicted octanol–water partition coefficient (Wildman–Crippen LogP) is 2.14. The summed E-state index contributed by atoms with van der Waals surface area (Å²) in [6.07, 6.45) is 4.53. The van der Waals surface area contributed by atoms with Crippen LogP contribution in [0.15, 0.2) is 12.4 Å². The molecule has 0 atom stereocenters. The van der Waals surface area contributed by atoms with Gasteiger partial charge in [-0.2, -0.15) is 0 Å². The molecule has 1 N–H and O–H groups in total. The lowest BCUT2D eigenvalue weighted by molar-refractivity contribution is -0.136. The third-order valence-corrected chi connectivity index (χ3v) is 2.83. The maximum absolute atomic E-state index is 10.3. The molecule has 0 aliphatic heterocycles. The summed E-state index contributed by atoms with van der Waals surface area (Å²) in [7, 11) is 0. The maximum Gasteiger partial charge on any atom is 0.303 e. The Labute approximate surface area is 97.0 Å². The van der Waals surface area contributed by atoms with Crippen LogP contribution in [0.5, 0.6) is 0 Å². The van der Waals surface area contributed by atoms with Crippen LogP contribution < -0.4 is 0 Å². The Balaban J connectivity index is 0.00000112. The lowest BCUT2D eigenvalue weighted by atomic mass is 10.2. The van der Waals surface area contributed by atoms with E-state index in [1.54, 1.807) is 11.3 Å². The van der Waals surface area contributed by atoms with Crippen molar-refractivity contribution in [2.24, 2.45) is 0 Å². The topological polar surface area (TPSA) is 54.6 Å². The number of aryl methyl sites for hydroxylation is 2. The van der Waals surface area contributed by atoms with E-state index in [1.165, 1.54) is 4.88 Å². The highest BCUT2D eigenvalue weighted by molar-refractivity contribution is 7.16. The first-order valence-electron chi connectivity index (χ1n) is 4.31. The van der Waals surface area contributed by atoms with Crippen LogP contribution in [-0.4, -0.2) is 20.5 Å². The molecule has 0 amide bonds. The smallest absolute Gasteiger partial charge is 0.303 e. The fourth-order valence-corrected chi connectivity index (χ4v) is 2.14. The first kappa shape index (κ1) is 12.0. The zero-order chi connectivity index (χ0) is 10.1. The maximum atomic E-state index is 10.3. The molecule has 2 heterocycles. The molecular weight excluding hydrogens is 236 g/mol. The minimum Gasteiger partial charge on any atom is -0.481 e. The molecule has 0 unspecified atom stereocenters. The third-order valence-electron chi connectivity index (χ3n) is 1.92. The van der Waals surface area contributed by atoms with Crippen LogP contribution in [-0.2, 0) is 11.2 Å². The van der Waals surface area contributed by atoms with Crippen molar-refractivity contribution in [2.45, 2.75) is 19.8 Å². The SMILES string of the molecule is Cc1cn2cc(CCC(=O)O)nc2s1.Cl. The van der Waals surface area contributed by atoms with Gasteiger partial charge in [0, 0.05) is 23.7 Å². The zero-order valence-electron chi connectivity index (χ0n) is 8.14. The summed E-state index contributed by atoms with van der Waals surface area (Å²) < 4.78 is 1.94. The largest absolute Gasteiger partial charge is 0.481 e. The molecule has 0 aliphatic carbocycles. The van der Waals surface area contributed by atoms with Crippen molar-refractivity contribution in [3.8, 4) is 0 Å². The van der Waals surface area contributed by atoms with Gasteiger partial charge in [-0.1, -0.05) is 0 Å². The second-order valence-electron chi connectivity index (χ2n) is 3.16. The van der Waals surface area contributed by atoms with Crippen molar-refractivity contribution in [3.05, 3.63) is 23.0 Å². The van der Waals surface area contributed by atoms with Gasteiger partial charge < -0.3 is 5.11 Å². The molecule has 0 saturated carbocycles. The number of aliphatic carboxylic acids is 1. The molecule has 2 aromatic heterocycles. The Morgan fingerprint density at radius 2 is 2.33 bits per heavy atom. The highest BCUT2D eigenvalue weighted by atomic mass is 35.5. The summed E-state index contributed by atoms with van der Waals surface area (Å²) in [5.74, 6) is -0.780. The fraction of sp³-hybridized carbons (Fsp3) is 0.333. The first-order chi connectivity index (χ1) is 6.65. The number of carboxylic acid groups (broad SMARTS) is 1. The van der Waals surface area contributed by atoms with E-state index in [2.05, 4.69) is 4.98 Å². The summed E-state index contributed by atoms with van der Waals surface area (Å²) in [6, 6.07) is 0. The number of aromatic nitrogens is 2. The molecule has 2 aromatic rings.